The molecule has 1 amide bonds. The summed E-state index contributed by atoms with van der Waals surface area (Å²) in [4.78, 5) is 52.0. The molecule has 1 heterocycles. The Labute approximate surface area is 217 Å². The predicted octanol–water partition coefficient (Wildman–Crippen LogP) is 5.13. The molecule has 0 aliphatic rings. The third kappa shape index (κ3) is 5.52. The summed E-state index contributed by atoms with van der Waals surface area (Å²) < 4.78 is 1.25. The number of nitrogens with one attached hydrogen (secondary N) is 1. The molecule has 3 aromatic carbocycles. The van der Waals surface area contributed by atoms with Gasteiger partial charge in [-0.2, -0.15) is 0 Å². The maximum Gasteiger partial charge on any atom is 0.282 e. The minimum atomic E-state index is -0.564. The van der Waals surface area contributed by atoms with Gasteiger partial charge in [-0.05, 0) is 36.8 Å². The fourth-order valence-electron chi connectivity index (χ4n) is 3.99. The number of amides is 1. The predicted molar refractivity (Wildman–Crippen MR) is 140 cm³/mol. The number of H-pyrrole nitrogens is 1. The molecule has 0 atom stereocenters. The highest BCUT2D eigenvalue weighted by atomic mass is 35.5. The van der Waals surface area contributed by atoms with E-state index < -0.39 is 22.2 Å². The molecule has 10 heteroatoms. The van der Waals surface area contributed by atoms with E-state index in [1.807, 2.05) is 13.0 Å². The number of aromatic nitrogens is 2. The van der Waals surface area contributed by atoms with Gasteiger partial charge in [0.25, 0.3) is 17.2 Å². The van der Waals surface area contributed by atoms with Gasteiger partial charge in [-0.25, -0.2) is 4.68 Å². The van der Waals surface area contributed by atoms with Gasteiger partial charge in [-0.3, -0.25) is 29.6 Å². The Hall–Kier alpha value is -4.50. The smallest absolute Gasteiger partial charge is 0.282 e. The number of hydrogen-bond donors (Lipinski definition) is 1. The number of hydrogen-bond acceptors (Lipinski definition) is 5. The topological polar surface area (TPSA) is 118 Å². The zero-order chi connectivity index (χ0) is 26.5. The number of non-ortho nitro benzene ring substituents is 1. The Kier molecular flexibility index (Phi) is 7.64. The van der Waals surface area contributed by atoms with Crippen LogP contribution in [-0.4, -0.2) is 44.4 Å². The average Bonchev–Trinajstić information content (AvgIpc) is 3.25. The van der Waals surface area contributed by atoms with Crippen molar-refractivity contribution >= 4 is 29.0 Å². The van der Waals surface area contributed by atoms with Crippen molar-refractivity contribution in [3.05, 3.63) is 115 Å². The Morgan fingerprint density at radius 1 is 1.03 bits per heavy atom. The van der Waals surface area contributed by atoms with Crippen LogP contribution in [-0.2, 0) is 0 Å². The van der Waals surface area contributed by atoms with Crippen molar-refractivity contribution in [2.45, 2.75) is 13.3 Å². The number of rotatable bonds is 9. The molecular weight excluding hydrogens is 496 g/mol. The molecule has 0 aliphatic heterocycles. The summed E-state index contributed by atoms with van der Waals surface area (Å²) in [7, 11) is 0. The number of nitro groups is 1. The van der Waals surface area contributed by atoms with Gasteiger partial charge in [0, 0.05) is 34.8 Å². The second-order valence-electron chi connectivity index (χ2n) is 8.30. The highest BCUT2D eigenvalue weighted by Crippen LogP contribution is 2.23. The third-order valence-electron chi connectivity index (χ3n) is 5.74. The van der Waals surface area contributed by atoms with Crippen LogP contribution in [0.3, 0.4) is 0 Å². The number of Topliss-reactive ketones (excluding diaryl/α,β-unsaturated/α-hetero) is 1. The number of benzene rings is 3. The van der Waals surface area contributed by atoms with Gasteiger partial charge in [0.1, 0.15) is 5.56 Å². The van der Waals surface area contributed by atoms with Crippen LogP contribution in [0.1, 0.15) is 34.1 Å². The van der Waals surface area contributed by atoms with Gasteiger partial charge in [-0.1, -0.05) is 54.9 Å². The van der Waals surface area contributed by atoms with Gasteiger partial charge < -0.3 is 4.90 Å². The molecule has 9 nitrogen and oxygen atoms in total. The van der Waals surface area contributed by atoms with Gasteiger partial charge in [-0.15, -0.1) is 0 Å². The average molecular weight is 519 g/mol. The first-order chi connectivity index (χ1) is 17.8. The molecule has 0 saturated carbocycles. The molecule has 0 radical (unpaired) electrons. The lowest BCUT2D eigenvalue weighted by Crippen LogP contribution is -2.37. The molecule has 0 fully saturated rings. The summed E-state index contributed by atoms with van der Waals surface area (Å²) in [6.07, 6.45) is 0.567. The normalized spacial score (nSPS) is 10.8. The highest BCUT2D eigenvalue weighted by Gasteiger charge is 2.27. The van der Waals surface area contributed by atoms with Gasteiger partial charge >= 0.3 is 0 Å². The molecule has 4 rings (SSSR count). The molecule has 0 aliphatic carbocycles. The second-order valence-corrected chi connectivity index (χ2v) is 8.74. The first kappa shape index (κ1) is 25.6. The summed E-state index contributed by atoms with van der Waals surface area (Å²) in [6.45, 7) is 1.78. The molecule has 0 saturated heterocycles. The van der Waals surface area contributed by atoms with E-state index in [1.54, 1.807) is 48.5 Å². The first-order valence-electron chi connectivity index (χ1n) is 11.5. The van der Waals surface area contributed by atoms with E-state index in [1.165, 1.54) is 33.8 Å². The van der Waals surface area contributed by atoms with Gasteiger partial charge in [0.2, 0.25) is 0 Å². The molecule has 0 unspecified atom stereocenters. The third-order valence-corrected chi connectivity index (χ3v) is 5.97. The van der Waals surface area contributed by atoms with E-state index >= 15 is 0 Å². The van der Waals surface area contributed by atoms with E-state index in [4.69, 9.17) is 11.6 Å². The Morgan fingerprint density at radius 2 is 1.73 bits per heavy atom. The van der Waals surface area contributed by atoms with Crippen LogP contribution in [0.5, 0.6) is 0 Å². The largest absolute Gasteiger partial charge is 0.331 e. The summed E-state index contributed by atoms with van der Waals surface area (Å²) in [5.74, 6) is -0.998. The number of aromatic amines is 1. The van der Waals surface area contributed by atoms with Crippen LogP contribution in [0.4, 0.5) is 5.69 Å². The maximum absolute atomic E-state index is 13.6. The summed E-state index contributed by atoms with van der Waals surface area (Å²) in [6, 6.07) is 20.8. The van der Waals surface area contributed by atoms with Crippen LogP contribution < -0.4 is 5.56 Å². The molecular formula is C27H23ClN4O5. The summed E-state index contributed by atoms with van der Waals surface area (Å²) >= 11 is 6.12. The lowest BCUT2D eigenvalue weighted by molar-refractivity contribution is -0.384. The molecule has 1 N–H and O–H groups in total. The lowest BCUT2D eigenvalue weighted by Gasteiger charge is -2.21. The van der Waals surface area contributed by atoms with Crippen molar-refractivity contribution in [1.29, 1.82) is 0 Å². The van der Waals surface area contributed by atoms with E-state index in [0.29, 0.717) is 28.4 Å². The minimum absolute atomic E-state index is 0.0798. The highest BCUT2D eigenvalue weighted by molar-refractivity contribution is 6.30. The quantitative estimate of drug-likeness (QED) is 0.187. The SMILES string of the molecule is CCCN(CC(=O)c1c(-c2ccccc2)[nH]n(-c2cccc(Cl)c2)c1=O)C(=O)c1ccc([N+](=O)[O-])cc1. The minimum Gasteiger partial charge on any atom is -0.331 e. The standard InChI is InChI=1S/C27H23ClN4O5/c1-2-15-30(26(34)19-11-13-21(14-12-19)32(36)37)17-23(33)24-25(18-7-4-3-5-8-18)29-31(27(24)35)22-10-6-9-20(28)16-22/h3-14,16,29H,2,15,17H2,1H3. The van der Waals surface area contributed by atoms with Crippen LogP contribution >= 0.6 is 11.6 Å². The van der Waals surface area contributed by atoms with Crippen molar-refractivity contribution in [1.82, 2.24) is 14.7 Å². The first-order valence-corrected chi connectivity index (χ1v) is 11.9. The van der Waals surface area contributed by atoms with Gasteiger partial charge in [0.05, 0.1) is 22.8 Å². The van der Waals surface area contributed by atoms with Crippen molar-refractivity contribution in [2.75, 3.05) is 13.1 Å². The van der Waals surface area contributed by atoms with Crippen molar-refractivity contribution in [3.63, 3.8) is 0 Å². The van der Waals surface area contributed by atoms with Crippen molar-refractivity contribution in [3.8, 4) is 16.9 Å². The molecule has 0 bridgehead atoms. The fraction of sp³-hybridized carbons (Fsp3) is 0.148. The van der Waals surface area contributed by atoms with E-state index in [9.17, 15) is 24.5 Å². The van der Waals surface area contributed by atoms with Crippen LogP contribution in [0.25, 0.3) is 16.9 Å². The molecule has 1 aromatic heterocycles. The van der Waals surface area contributed by atoms with Crippen molar-refractivity contribution < 1.29 is 14.5 Å². The van der Waals surface area contributed by atoms with Gasteiger partial charge in [0.15, 0.2) is 5.78 Å². The zero-order valence-corrected chi connectivity index (χ0v) is 20.6. The van der Waals surface area contributed by atoms with Crippen LogP contribution in [0.15, 0.2) is 83.7 Å². The Bertz CT molecular complexity index is 1510. The zero-order valence-electron chi connectivity index (χ0n) is 19.9. The molecule has 4 aromatic rings. The monoisotopic (exact) mass is 518 g/mol. The lowest BCUT2D eigenvalue weighted by atomic mass is 10.0. The Morgan fingerprint density at radius 3 is 2.35 bits per heavy atom. The maximum atomic E-state index is 13.6. The van der Waals surface area contributed by atoms with Crippen LogP contribution in [0, 0.1) is 10.1 Å². The number of carbonyl (C=O) groups excluding carboxylic acids is 2. The van der Waals surface area contributed by atoms with Crippen LogP contribution in [0.2, 0.25) is 5.02 Å². The Balaban J connectivity index is 1.72. The number of halogens is 1. The number of ketones is 1. The molecule has 0 spiro atoms. The van der Waals surface area contributed by atoms with E-state index in [2.05, 4.69) is 5.10 Å². The molecule has 188 valence electrons. The second kappa shape index (κ2) is 11.0. The van der Waals surface area contributed by atoms with E-state index in [-0.39, 0.29) is 29.9 Å². The van der Waals surface area contributed by atoms with Crippen molar-refractivity contribution in [2.24, 2.45) is 0 Å². The fourth-order valence-corrected chi connectivity index (χ4v) is 4.17. The summed E-state index contributed by atoms with van der Waals surface area (Å²) in [5, 5.41) is 14.4. The summed E-state index contributed by atoms with van der Waals surface area (Å²) in [5.41, 5.74) is 0.842. The number of nitro benzene ring substituents is 1. The number of nitrogens with zero attached hydrogens (tertiary/aromatic N) is 3. The van der Waals surface area contributed by atoms with E-state index in [0.717, 1.165) is 0 Å². The number of carbonyl (C=O) groups is 2. The molecule has 37 heavy (non-hydrogen) atoms.